The standard InChI is InChI=1S/C13H13N3O/c1-2-4-10(5-3-1)12-15-13(17-16-12)11-6-8-14-9-7-11/h1-6,14H,7-9H2. The van der Waals surface area contributed by atoms with Crippen molar-refractivity contribution in [3.05, 3.63) is 42.3 Å². The molecule has 0 bridgehead atoms. The third-order valence-electron chi connectivity index (χ3n) is 2.80. The second-order valence-corrected chi connectivity index (χ2v) is 3.97. The maximum absolute atomic E-state index is 5.30. The van der Waals surface area contributed by atoms with Crippen molar-refractivity contribution in [3.8, 4) is 11.4 Å². The van der Waals surface area contributed by atoms with E-state index in [2.05, 4.69) is 21.5 Å². The van der Waals surface area contributed by atoms with Gasteiger partial charge in [-0.15, -0.1) is 0 Å². The Morgan fingerprint density at radius 2 is 2.06 bits per heavy atom. The molecular formula is C13H13N3O. The van der Waals surface area contributed by atoms with Crippen molar-refractivity contribution in [1.29, 1.82) is 0 Å². The Bertz CT molecular complexity index is 531. The van der Waals surface area contributed by atoms with E-state index in [9.17, 15) is 0 Å². The minimum Gasteiger partial charge on any atom is -0.334 e. The number of hydrogen-bond acceptors (Lipinski definition) is 4. The van der Waals surface area contributed by atoms with Gasteiger partial charge in [0.1, 0.15) is 0 Å². The Morgan fingerprint density at radius 3 is 2.82 bits per heavy atom. The highest BCUT2D eigenvalue weighted by molar-refractivity contribution is 5.62. The Labute approximate surface area is 99.4 Å². The molecule has 0 spiro atoms. The smallest absolute Gasteiger partial charge is 0.253 e. The third-order valence-corrected chi connectivity index (χ3v) is 2.80. The van der Waals surface area contributed by atoms with E-state index in [0.29, 0.717) is 11.7 Å². The molecule has 4 nitrogen and oxygen atoms in total. The van der Waals surface area contributed by atoms with Crippen molar-refractivity contribution in [2.45, 2.75) is 6.42 Å². The summed E-state index contributed by atoms with van der Waals surface area (Å²) >= 11 is 0. The van der Waals surface area contributed by atoms with Crippen LogP contribution in [0.1, 0.15) is 12.3 Å². The number of nitrogens with one attached hydrogen (secondary N) is 1. The van der Waals surface area contributed by atoms with E-state index < -0.39 is 0 Å². The molecule has 17 heavy (non-hydrogen) atoms. The molecule has 0 atom stereocenters. The molecule has 0 radical (unpaired) electrons. The van der Waals surface area contributed by atoms with Crippen LogP contribution in [-0.2, 0) is 0 Å². The van der Waals surface area contributed by atoms with E-state index in [1.54, 1.807) is 0 Å². The Hall–Kier alpha value is -1.94. The van der Waals surface area contributed by atoms with Gasteiger partial charge in [-0.3, -0.25) is 0 Å². The summed E-state index contributed by atoms with van der Waals surface area (Å²) in [5.41, 5.74) is 2.12. The molecule has 1 N–H and O–H groups in total. The van der Waals surface area contributed by atoms with E-state index in [-0.39, 0.29) is 0 Å². The fourth-order valence-corrected chi connectivity index (χ4v) is 1.88. The van der Waals surface area contributed by atoms with Gasteiger partial charge in [-0.1, -0.05) is 41.6 Å². The summed E-state index contributed by atoms with van der Waals surface area (Å²) in [5, 5.41) is 7.27. The van der Waals surface area contributed by atoms with Crippen LogP contribution in [0.5, 0.6) is 0 Å². The van der Waals surface area contributed by atoms with E-state index in [0.717, 1.165) is 30.6 Å². The lowest BCUT2D eigenvalue weighted by atomic mass is 10.1. The molecule has 86 valence electrons. The topological polar surface area (TPSA) is 51.0 Å². The van der Waals surface area contributed by atoms with Gasteiger partial charge >= 0.3 is 0 Å². The predicted molar refractivity (Wildman–Crippen MR) is 65.2 cm³/mol. The van der Waals surface area contributed by atoms with Crippen LogP contribution < -0.4 is 5.32 Å². The Balaban J connectivity index is 1.90. The third kappa shape index (κ3) is 2.12. The first-order valence-corrected chi connectivity index (χ1v) is 5.73. The van der Waals surface area contributed by atoms with E-state index in [1.807, 2.05) is 30.3 Å². The summed E-state index contributed by atoms with van der Waals surface area (Å²) in [6.07, 6.45) is 3.04. The van der Waals surface area contributed by atoms with Crippen molar-refractivity contribution in [1.82, 2.24) is 15.5 Å². The number of rotatable bonds is 2. The van der Waals surface area contributed by atoms with Crippen molar-refractivity contribution in [2.75, 3.05) is 13.1 Å². The molecule has 0 aliphatic carbocycles. The van der Waals surface area contributed by atoms with Crippen LogP contribution >= 0.6 is 0 Å². The molecule has 1 aliphatic heterocycles. The van der Waals surface area contributed by atoms with Gasteiger partial charge in [0.15, 0.2) is 0 Å². The van der Waals surface area contributed by atoms with Crippen LogP contribution in [0.25, 0.3) is 17.0 Å². The van der Waals surface area contributed by atoms with Gasteiger partial charge < -0.3 is 9.84 Å². The van der Waals surface area contributed by atoms with Gasteiger partial charge in [0.05, 0.1) is 0 Å². The lowest BCUT2D eigenvalue weighted by molar-refractivity contribution is 0.406. The quantitative estimate of drug-likeness (QED) is 0.853. The zero-order valence-electron chi connectivity index (χ0n) is 9.39. The second kappa shape index (κ2) is 4.51. The Kier molecular flexibility index (Phi) is 2.71. The number of aromatic nitrogens is 2. The SMILES string of the molecule is C1=C(c2nc(-c3ccccc3)no2)CCNC1. The predicted octanol–water partition coefficient (Wildman–Crippen LogP) is 2.11. The van der Waals surface area contributed by atoms with Crippen LogP contribution in [0.15, 0.2) is 40.9 Å². The van der Waals surface area contributed by atoms with E-state index >= 15 is 0 Å². The number of benzene rings is 1. The van der Waals surface area contributed by atoms with Crippen molar-refractivity contribution >= 4 is 5.57 Å². The first kappa shape index (κ1) is 10.2. The monoisotopic (exact) mass is 227 g/mol. The molecule has 4 heteroatoms. The molecule has 0 unspecified atom stereocenters. The highest BCUT2D eigenvalue weighted by Crippen LogP contribution is 2.21. The van der Waals surface area contributed by atoms with Gasteiger partial charge in [0, 0.05) is 17.7 Å². The van der Waals surface area contributed by atoms with E-state index in [4.69, 9.17) is 4.52 Å². The van der Waals surface area contributed by atoms with Crippen molar-refractivity contribution in [2.24, 2.45) is 0 Å². The number of nitrogens with zero attached hydrogens (tertiary/aromatic N) is 2. The molecule has 1 aliphatic rings. The average Bonchev–Trinajstić information content (AvgIpc) is 2.90. The van der Waals surface area contributed by atoms with Crippen LogP contribution in [0, 0.1) is 0 Å². The normalized spacial score (nSPS) is 15.6. The molecule has 3 rings (SSSR count). The lowest BCUT2D eigenvalue weighted by Crippen LogP contribution is -2.20. The summed E-state index contributed by atoms with van der Waals surface area (Å²) in [6.45, 7) is 1.84. The molecule has 1 aromatic carbocycles. The first-order valence-electron chi connectivity index (χ1n) is 5.73. The molecule has 0 saturated heterocycles. The summed E-state index contributed by atoms with van der Waals surface area (Å²) in [6, 6.07) is 9.86. The van der Waals surface area contributed by atoms with Gasteiger partial charge in [0.25, 0.3) is 5.89 Å². The molecule has 0 fully saturated rings. The summed E-state index contributed by atoms with van der Waals surface area (Å²) in [5.74, 6) is 1.30. The van der Waals surface area contributed by atoms with Crippen LogP contribution in [0.2, 0.25) is 0 Å². The molecule has 1 aromatic heterocycles. The highest BCUT2D eigenvalue weighted by Gasteiger charge is 2.13. The van der Waals surface area contributed by atoms with Gasteiger partial charge in [-0.2, -0.15) is 4.98 Å². The maximum Gasteiger partial charge on any atom is 0.253 e. The minimum absolute atomic E-state index is 0.644. The summed E-state index contributed by atoms with van der Waals surface area (Å²) < 4.78 is 5.30. The Morgan fingerprint density at radius 1 is 1.18 bits per heavy atom. The van der Waals surface area contributed by atoms with Crippen LogP contribution in [-0.4, -0.2) is 23.2 Å². The zero-order chi connectivity index (χ0) is 11.5. The molecule has 2 heterocycles. The van der Waals surface area contributed by atoms with E-state index in [1.165, 1.54) is 0 Å². The van der Waals surface area contributed by atoms with Gasteiger partial charge in [-0.05, 0) is 13.0 Å². The molecule has 2 aromatic rings. The fraction of sp³-hybridized carbons (Fsp3) is 0.231. The molecular weight excluding hydrogens is 214 g/mol. The zero-order valence-corrected chi connectivity index (χ0v) is 9.39. The lowest BCUT2D eigenvalue weighted by Gasteiger charge is -2.09. The molecule has 0 saturated carbocycles. The second-order valence-electron chi connectivity index (χ2n) is 3.97. The van der Waals surface area contributed by atoms with Crippen LogP contribution in [0.4, 0.5) is 0 Å². The van der Waals surface area contributed by atoms with Gasteiger partial charge in [0.2, 0.25) is 5.82 Å². The largest absolute Gasteiger partial charge is 0.334 e. The fourth-order valence-electron chi connectivity index (χ4n) is 1.88. The minimum atomic E-state index is 0.644. The number of hydrogen-bond donors (Lipinski definition) is 1. The first-order chi connectivity index (χ1) is 8.43. The summed E-state index contributed by atoms with van der Waals surface area (Å²) in [4.78, 5) is 4.43. The molecule has 0 amide bonds. The van der Waals surface area contributed by atoms with Crippen LogP contribution in [0.3, 0.4) is 0 Å². The van der Waals surface area contributed by atoms with Gasteiger partial charge in [-0.25, -0.2) is 0 Å². The highest BCUT2D eigenvalue weighted by atomic mass is 16.5. The van der Waals surface area contributed by atoms with Crippen molar-refractivity contribution < 1.29 is 4.52 Å². The van der Waals surface area contributed by atoms with Crippen molar-refractivity contribution in [3.63, 3.8) is 0 Å². The summed E-state index contributed by atoms with van der Waals surface area (Å²) in [7, 11) is 0. The average molecular weight is 227 g/mol. The maximum atomic E-state index is 5.30.